The van der Waals surface area contributed by atoms with Crippen LogP contribution in [0.1, 0.15) is 22.5 Å². The van der Waals surface area contributed by atoms with Gasteiger partial charge < -0.3 is 4.57 Å². The lowest BCUT2D eigenvalue weighted by Crippen LogP contribution is -2.23. The molecule has 0 N–H and O–H groups in total. The molecule has 28 heavy (non-hydrogen) atoms. The quantitative estimate of drug-likeness (QED) is 0.503. The second kappa shape index (κ2) is 7.99. The molecule has 0 aliphatic heterocycles. The van der Waals surface area contributed by atoms with E-state index in [0.29, 0.717) is 17.7 Å². The van der Waals surface area contributed by atoms with E-state index in [1.54, 1.807) is 19.9 Å². The summed E-state index contributed by atoms with van der Waals surface area (Å²) >= 11 is 0. The molecule has 3 rings (SSSR count). The van der Waals surface area contributed by atoms with Gasteiger partial charge in [0, 0.05) is 12.7 Å². The Labute approximate surface area is 161 Å². The Hall–Kier alpha value is -3.55. The summed E-state index contributed by atoms with van der Waals surface area (Å²) < 4.78 is 3.21. The SMILES string of the molecule is Cc1ccc(Cn2ccccc2=NC(=O)Cn2nc(C)c([N+](=O)[O-])c2C)cc1. The monoisotopic (exact) mass is 379 g/mol. The first kappa shape index (κ1) is 19.2. The standard InChI is InChI=1S/C20H21N5O3/c1-14-7-9-17(10-8-14)12-23-11-5-4-6-18(23)21-19(26)13-24-16(3)20(25(27)28)15(2)22-24/h4-11H,12-13H2,1-3H3. The van der Waals surface area contributed by atoms with Gasteiger partial charge in [-0.25, -0.2) is 0 Å². The van der Waals surface area contributed by atoms with Crippen molar-refractivity contribution in [3.05, 3.63) is 86.8 Å². The summed E-state index contributed by atoms with van der Waals surface area (Å²) in [5.74, 6) is -0.427. The van der Waals surface area contributed by atoms with Crippen molar-refractivity contribution < 1.29 is 9.72 Å². The Kier molecular flexibility index (Phi) is 5.49. The molecule has 0 aliphatic carbocycles. The molecule has 8 heteroatoms. The molecule has 144 valence electrons. The Balaban J connectivity index is 1.86. The third kappa shape index (κ3) is 4.22. The highest BCUT2D eigenvalue weighted by Crippen LogP contribution is 2.21. The van der Waals surface area contributed by atoms with Gasteiger partial charge in [0.2, 0.25) is 0 Å². The van der Waals surface area contributed by atoms with Gasteiger partial charge in [0.1, 0.15) is 23.4 Å². The van der Waals surface area contributed by atoms with E-state index in [9.17, 15) is 14.9 Å². The third-order valence-corrected chi connectivity index (χ3v) is 4.44. The van der Waals surface area contributed by atoms with Crippen molar-refractivity contribution in [1.29, 1.82) is 0 Å². The van der Waals surface area contributed by atoms with Crippen molar-refractivity contribution in [3.63, 3.8) is 0 Å². The van der Waals surface area contributed by atoms with Crippen molar-refractivity contribution in [2.75, 3.05) is 0 Å². The number of rotatable bonds is 5. The number of nitrogens with zero attached hydrogens (tertiary/aromatic N) is 5. The van der Waals surface area contributed by atoms with Crippen LogP contribution in [0, 0.1) is 30.9 Å². The first-order chi connectivity index (χ1) is 13.3. The molecule has 0 radical (unpaired) electrons. The van der Waals surface area contributed by atoms with Crippen LogP contribution < -0.4 is 5.49 Å². The van der Waals surface area contributed by atoms with Crippen molar-refractivity contribution in [1.82, 2.24) is 14.3 Å². The highest BCUT2D eigenvalue weighted by molar-refractivity contribution is 5.76. The van der Waals surface area contributed by atoms with E-state index < -0.39 is 10.8 Å². The van der Waals surface area contributed by atoms with Crippen molar-refractivity contribution in [2.24, 2.45) is 4.99 Å². The molecule has 0 spiro atoms. The van der Waals surface area contributed by atoms with Gasteiger partial charge in [-0.05, 0) is 38.5 Å². The number of amides is 1. The van der Waals surface area contributed by atoms with E-state index >= 15 is 0 Å². The largest absolute Gasteiger partial charge is 0.328 e. The van der Waals surface area contributed by atoms with Gasteiger partial charge in [0.05, 0.1) is 4.92 Å². The minimum absolute atomic E-state index is 0.0676. The van der Waals surface area contributed by atoms with E-state index in [4.69, 9.17) is 0 Å². The van der Waals surface area contributed by atoms with Gasteiger partial charge in [-0.3, -0.25) is 19.6 Å². The number of nitro groups is 1. The van der Waals surface area contributed by atoms with Gasteiger partial charge in [-0.2, -0.15) is 10.1 Å². The fraction of sp³-hybridized carbons (Fsp3) is 0.250. The molecule has 0 saturated heterocycles. The maximum atomic E-state index is 12.5. The molecule has 2 aromatic heterocycles. The lowest BCUT2D eigenvalue weighted by atomic mass is 10.1. The van der Waals surface area contributed by atoms with Crippen LogP contribution in [-0.2, 0) is 17.9 Å². The lowest BCUT2D eigenvalue weighted by Gasteiger charge is -2.08. The van der Waals surface area contributed by atoms with Gasteiger partial charge in [-0.1, -0.05) is 35.9 Å². The highest BCUT2D eigenvalue weighted by Gasteiger charge is 2.22. The van der Waals surface area contributed by atoms with E-state index in [0.717, 1.165) is 5.56 Å². The topological polar surface area (TPSA) is 95.3 Å². The second-order valence-corrected chi connectivity index (χ2v) is 6.61. The van der Waals surface area contributed by atoms with E-state index in [2.05, 4.69) is 10.1 Å². The van der Waals surface area contributed by atoms with Crippen molar-refractivity contribution in [3.8, 4) is 0 Å². The number of hydrogen-bond donors (Lipinski definition) is 0. The Morgan fingerprint density at radius 3 is 2.50 bits per heavy atom. The molecular weight excluding hydrogens is 358 g/mol. The fourth-order valence-electron chi connectivity index (χ4n) is 2.99. The average molecular weight is 379 g/mol. The number of hydrogen-bond acceptors (Lipinski definition) is 4. The van der Waals surface area contributed by atoms with Crippen LogP contribution >= 0.6 is 0 Å². The molecule has 1 amide bonds. The summed E-state index contributed by atoms with van der Waals surface area (Å²) in [4.78, 5) is 27.3. The highest BCUT2D eigenvalue weighted by atomic mass is 16.6. The zero-order chi connectivity index (χ0) is 20.3. The molecule has 0 saturated carbocycles. The third-order valence-electron chi connectivity index (χ3n) is 4.44. The minimum Gasteiger partial charge on any atom is -0.328 e. The lowest BCUT2D eigenvalue weighted by molar-refractivity contribution is -0.386. The Bertz CT molecular complexity index is 1090. The zero-order valence-corrected chi connectivity index (χ0v) is 16.0. The smallest absolute Gasteiger partial charge is 0.312 e. The first-order valence-electron chi connectivity index (χ1n) is 8.82. The molecule has 0 fully saturated rings. The maximum Gasteiger partial charge on any atom is 0.312 e. The summed E-state index contributed by atoms with van der Waals surface area (Å²) in [5, 5.41) is 15.2. The summed E-state index contributed by atoms with van der Waals surface area (Å²) in [5.41, 5.74) is 3.35. The molecule has 0 atom stereocenters. The predicted molar refractivity (Wildman–Crippen MR) is 104 cm³/mol. The van der Waals surface area contributed by atoms with Crippen LogP contribution in [0.3, 0.4) is 0 Å². The normalized spacial score (nSPS) is 11.6. The molecule has 1 aromatic carbocycles. The van der Waals surface area contributed by atoms with Crippen LogP contribution in [0.2, 0.25) is 0 Å². The molecule has 8 nitrogen and oxygen atoms in total. The summed E-state index contributed by atoms with van der Waals surface area (Å²) in [6.07, 6.45) is 1.86. The van der Waals surface area contributed by atoms with Crippen molar-refractivity contribution in [2.45, 2.75) is 33.9 Å². The summed E-state index contributed by atoms with van der Waals surface area (Å²) in [7, 11) is 0. The Morgan fingerprint density at radius 2 is 1.86 bits per heavy atom. The zero-order valence-electron chi connectivity index (χ0n) is 16.0. The number of carbonyl (C=O) groups is 1. The number of benzene rings is 1. The van der Waals surface area contributed by atoms with Gasteiger partial charge in [-0.15, -0.1) is 0 Å². The van der Waals surface area contributed by atoms with Crippen LogP contribution in [-0.4, -0.2) is 25.2 Å². The van der Waals surface area contributed by atoms with Crippen LogP contribution in [0.15, 0.2) is 53.7 Å². The number of pyridine rings is 1. The van der Waals surface area contributed by atoms with Gasteiger partial charge in [0.15, 0.2) is 0 Å². The second-order valence-electron chi connectivity index (χ2n) is 6.61. The average Bonchev–Trinajstić information content (AvgIpc) is 2.92. The van der Waals surface area contributed by atoms with Crippen LogP contribution in [0.25, 0.3) is 0 Å². The van der Waals surface area contributed by atoms with E-state index in [-0.39, 0.29) is 17.9 Å². The van der Waals surface area contributed by atoms with Crippen LogP contribution in [0.4, 0.5) is 5.69 Å². The van der Waals surface area contributed by atoms with Gasteiger partial charge in [0.25, 0.3) is 5.91 Å². The first-order valence-corrected chi connectivity index (χ1v) is 8.82. The number of aryl methyl sites for hydroxylation is 2. The van der Waals surface area contributed by atoms with E-state index in [1.807, 2.05) is 54.1 Å². The molecule has 3 aromatic rings. The van der Waals surface area contributed by atoms with E-state index in [1.165, 1.54) is 10.2 Å². The molecule has 0 bridgehead atoms. The number of carbonyl (C=O) groups excluding carboxylic acids is 1. The summed E-state index contributed by atoms with van der Waals surface area (Å²) in [6.45, 7) is 5.59. The maximum absolute atomic E-state index is 12.5. The molecular formula is C20H21N5O3. The predicted octanol–water partition coefficient (Wildman–Crippen LogP) is 2.69. The number of aromatic nitrogens is 3. The Morgan fingerprint density at radius 1 is 1.14 bits per heavy atom. The summed E-state index contributed by atoms with van der Waals surface area (Å²) in [6, 6.07) is 13.6. The van der Waals surface area contributed by atoms with Gasteiger partial charge >= 0.3 is 5.69 Å². The molecule has 0 unspecified atom stereocenters. The molecule has 0 aliphatic rings. The fourth-order valence-corrected chi connectivity index (χ4v) is 2.99. The molecule has 2 heterocycles. The van der Waals surface area contributed by atoms with Crippen LogP contribution in [0.5, 0.6) is 0 Å². The minimum atomic E-state index is -0.484. The van der Waals surface area contributed by atoms with Crippen molar-refractivity contribution >= 4 is 11.6 Å².